The van der Waals surface area contributed by atoms with E-state index < -0.39 is 11.6 Å². The number of amides is 1. The highest BCUT2D eigenvalue weighted by Crippen LogP contribution is 2.41. The number of likely N-dealkylation sites (tertiary alicyclic amines) is 1. The summed E-state index contributed by atoms with van der Waals surface area (Å²) in [7, 11) is 1.96. The van der Waals surface area contributed by atoms with Crippen LogP contribution in [0.2, 0.25) is 0 Å². The monoisotopic (exact) mass is 454 g/mol. The standard InChI is InChI=1S/C24H31N5O4/c1-29(15-21(30)28-23-26-16-25-17-27-23)13-12-20(14-29)33-22(31)24(32,18-8-4-2-5-9-18)19-10-6-3-7-11-19/h2,4-5,8-9,16-17,19-20,32H,3,6-7,10-15H2,1H3/p+1/t20?,24?,29-/m1/s1. The summed E-state index contributed by atoms with van der Waals surface area (Å²) in [5, 5.41) is 14.4. The van der Waals surface area contributed by atoms with Gasteiger partial charge in [0.05, 0.1) is 13.6 Å². The predicted octanol–water partition coefficient (Wildman–Crippen LogP) is 2.04. The molecule has 1 amide bonds. The van der Waals surface area contributed by atoms with E-state index in [0.29, 0.717) is 29.6 Å². The Labute approximate surface area is 193 Å². The van der Waals surface area contributed by atoms with Gasteiger partial charge in [-0.15, -0.1) is 0 Å². The van der Waals surface area contributed by atoms with Gasteiger partial charge in [0, 0.05) is 12.3 Å². The molecule has 9 heteroatoms. The fraction of sp³-hybridized carbons (Fsp3) is 0.542. The number of quaternary nitrogens is 1. The molecule has 1 aliphatic heterocycles. The second-order valence-electron chi connectivity index (χ2n) is 9.48. The van der Waals surface area contributed by atoms with E-state index in [0.717, 1.165) is 32.1 Å². The van der Waals surface area contributed by atoms with Gasteiger partial charge in [-0.2, -0.15) is 0 Å². The van der Waals surface area contributed by atoms with E-state index in [9.17, 15) is 14.7 Å². The van der Waals surface area contributed by atoms with E-state index in [1.54, 1.807) is 12.1 Å². The molecule has 2 unspecified atom stereocenters. The van der Waals surface area contributed by atoms with Gasteiger partial charge in [0.15, 0.2) is 18.2 Å². The van der Waals surface area contributed by atoms with Crippen LogP contribution in [0.4, 0.5) is 5.95 Å². The largest absolute Gasteiger partial charge is 0.454 e. The maximum Gasteiger partial charge on any atom is 0.343 e. The van der Waals surface area contributed by atoms with Gasteiger partial charge in [-0.1, -0.05) is 49.6 Å². The summed E-state index contributed by atoms with van der Waals surface area (Å²) in [6, 6.07) is 9.15. The summed E-state index contributed by atoms with van der Waals surface area (Å²) >= 11 is 0. The lowest BCUT2D eigenvalue weighted by atomic mass is 9.73. The Bertz CT molecular complexity index is 954. The zero-order valence-corrected chi connectivity index (χ0v) is 19.0. The normalized spacial score (nSPS) is 25.2. The first kappa shape index (κ1) is 23.3. The molecule has 2 aromatic rings. The van der Waals surface area contributed by atoms with Crippen molar-refractivity contribution in [1.29, 1.82) is 0 Å². The number of rotatable bonds is 7. The summed E-state index contributed by atoms with van der Waals surface area (Å²) < 4.78 is 6.34. The highest BCUT2D eigenvalue weighted by molar-refractivity contribution is 5.89. The molecule has 3 atom stereocenters. The molecular formula is C24H32N5O4+. The summed E-state index contributed by atoms with van der Waals surface area (Å²) in [4.78, 5) is 37.5. The molecule has 1 aliphatic carbocycles. The second kappa shape index (κ2) is 9.93. The summed E-state index contributed by atoms with van der Waals surface area (Å²) in [6.45, 7) is 1.41. The Hall–Kier alpha value is -2.91. The van der Waals surface area contributed by atoms with Crippen molar-refractivity contribution in [2.75, 3.05) is 32.0 Å². The van der Waals surface area contributed by atoms with Crippen molar-refractivity contribution in [3.63, 3.8) is 0 Å². The summed E-state index contributed by atoms with van der Waals surface area (Å²) in [5.74, 6) is -0.730. The number of carbonyl (C=O) groups is 2. The molecule has 0 bridgehead atoms. The second-order valence-corrected chi connectivity index (χ2v) is 9.48. The number of ether oxygens (including phenoxy) is 1. The molecule has 9 nitrogen and oxygen atoms in total. The minimum atomic E-state index is -1.65. The number of nitrogens with zero attached hydrogens (tertiary/aromatic N) is 4. The molecule has 0 radical (unpaired) electrons. The summed E-state index contributed by atoms with van der Waals surface area (Å²) in [5.41, 5.74) is -1.06. The van der Waals surface area contributed by atoms with Crippen molar-refractivity contribution in [2.24, 2.45) is 5.92 Å². The van der Waals surface area contributed by atoms with Crippen LogP contribution in [0.5, 0.6) is 0 Å². The van der Waals surface area contributed by atoms with Gasteiger partial charge in [-0.3, -0.25) is 10.1 Å². The molecule has 33 heavy (non-hydrogen) atoms. The maximum absolute atomic E-state index is 13.4. The highest BCUT2D eigenvalue weighted by Gasteiger charge is 2.49. The van der Waals surface area contributed by atoms with Crippen LogP contribution in [-0.4, -0.2) is 69.2 Å². The Morgan fingerprint density at radius 2 is 1.82 bits per heavy atom. The van der Waals surface area contributed by atoms with Crippen LogP contribution in [0.1, 0.15) is 44.1 Å². The maximum atomic E-state index is 13.4. The minimum Gasteiger partial charge on any atom is -0.454 e. The third-order valence-electron chi connectivity index (χ3n) is 6.90. The Kier molecular flexibility index (Phi) is 6.99. The quantitative estimate of drug-likeness (QED) is 0.486. The molecule has 2 heterocycles. The first-order valence-corrected chi connectivity index (χ1v) is 11.6. The van der Waals surface area contributed by atoms with Gasteiger partial charge in [0.25, 0.3) is 5.91 Å². The van der Waals surface area contributed by atoms with Crippen LogP contribution in [0.15, 0.2) is 43.0 Å². The fourth-order valence-electron chi connectivity index (χ4n) is 5.16. The first-order chi connectivity index (χ1) is 15.9. The molecular weight excluding hydrogens is 422 g/mol. The average molecular weight is 455 g/mol. The third kappa shape index (κ3) is 5.36. The lowest BCUT2D eigenvalue weighted by Crippen LogP contribution is -2.49. The number of hydrogen-bond acceptors (Lipinski definition) is 7. The molecule has 1 saturated heterocycles. The van der Waals surface area contributed by atoms with Gasteiger partial charge in [-0.05, 0) is 18.4 Å². The number of likely N-dealkylation sites (N-methyl/N-ethyl adjacent to an activating group) is 1. The van der Waals surface area contributed by atoms with Crippen LogP contribution in [0.3, 0.4) is 0 Å². The van der Waals surface area contributed by atoms with Crippen molar-refractivity contribution in [3.05, 3.63) is 48.5 Å². The molecule has 176 valence electrons. The molecule has 2 fully saturated rings. The van der Waals surface area contributed by atoms with Crippen molar-refractivity contribution >= 4 is 17.8 Å². The smallest absolute Gasteiger partial charge is 0.343 e. The Morgan fingerprint density at radius 3 is 2.52 bits per heavy atom. The number of esters is 1. The van der Waals surface area contributed by atoms with Crippen molar-refractivity contribution < 1.29 is 23.9 Å². The van der Waals surface area contributed by atoms with Gasteiger partial charge in [-0.25, -0.2) is 19.7 Å². The number of anilines is 1. The zero-order chi connectivity index (χ0) is 23.3. The van der Waals surface area contributed by atoms with Gasteiger partial charge in [0.2, 0.25) is 5.95 Å². The lowest BCUT2D eigenvalue weighted by molar-refractivity contribution is -0.890. The number of benzene rings is 1. The topological polar surface area (TPSA) is 114 Å². The van der Waals surface area contributed by atoms with E-state index >= 15 is 0 Å². The number of carbonyl (C=O) groups excluding carboxylic acids is 2. The molecule has 1 aromatic heterocycles. The number of hydrogen-bond donors (Lipinski definition) is 2. The van der Waals surface area contributed by atoms with Crippen LogP contribution >= 0.6 is 0 Å². The first-order valence-electron chi connectivity index (χ1n) is 11.6. The number of aromatic nitrogens is 3. The number of nitrogens with one attached hydrogen (secondary N) is 1. The predicted molar refractivity (Wildman–Crippen MR) is 121 cm³/mol. The molecule has 4 rings (SSSR count). The molecule has 2 aliphatic rings. The van der Waals surface area contributed by atoms with Crippen LogP contribution in [0, 0.1) is 5.92 Å². The molecule has 1 saturated carbocycles. The Balaban J connectivity index is 1.41. The van der Waals surface area contributed by atoms with Gasteiger partial charge >= 0.3 is 5.97 Å². The van der Waals surface area contributed by atoms with E-state index in [-0.39, 0.29) is 30.4 Å². The average Bonchev–Trinajstić information content (AvgIpc) is 3.19. The van der Waals surface area contributed by atoms with E-state index in [4.69, 9.17) is 4.74 Å². The minimum absolute atomic E-state index is 0.158. The molecule has 0 spiro atoms. The fourth-order valence-corrected chi connectivity index (χ4v) is 5.16. The number of aliphatic hydroxyl groups is 1. The molecule has 2 N–H and O–H groups in total. The van der Waals surface area contributed by atoms with E-state index in [1.807, 2.05) is 25.2 Å². The highest BCUT2D eigenvalue weighted by atomic mass is 16.6. The Morgan fingerprint density at radius 1 is 1.12 bits per heavy atom. The van der Waals surface area contributed by atoms with Gasteiger partial charge < -0.3 is 14.3 Å². The van der Waals surface area contributed by atoms with Crippen molar-refractivity contribution in [2.45, 2.75) is 50.2 Å². The third-order valence-corrected chi connectivity index (χ3v) is 6.90. The van der Waals surface area contributed by atoms with Crippen LogP contribution in [-0.2, 0) is 19.9 Å². The SMILES string of the molecule is C[N@@+]1(CC(=O)Nc2ncncn2)CCC(OC(=O)C(O)(c2ccccc2)C2CCCCC2)C1. The zero-order valence-electron chi connectivity index (χ0n) is 19.0. The van der Waals surface area contributed by atoms with E-state index in [2.05, 4.69) is 20.3 Å². The van der Waals surface area contributed by atoms with E-state index in [1.165, 1.54) is 12.7 Å². The van der Waals surface area contributed by atoms with Crippen LogP contribution < -0.4 is 5.32 Å². The lowest BCUT2D eigenvalue weighted by Gasteiger charge is -2.37. The van der Waals surface area contributed by atoms with Crippen molar-refractivity contribution in [3.8, 4) is 0 Å². The van der Waals surface area contributed by atoms with Crippen LogP contribution in [0.25, 0.3) is 0 Å². The molecule has 1 aromatic carbocycles. The summed E-state index contributed by atoms with van der Waals surface area (Å²) in [6.07, 6.45) is 7.66. The van der Waals surface area contributed by atoms with Crippen molar-refractivity contribution in [1.82, 2.24) is 15.0 Å². The van der Waals surface area contributed by atoms with Gasteiger partial charge in [0.1, 0.15) is 19.2 Å².